The number of hydrogen-bond donors (Lipinski definition) is 1. The second-order valence-corrected chi connectivity index (χ2v) is 7.64. The summed E-state index contributed by atoms with van der Waals surface area (Å²) in [5, 5.41) is 6.86. The number of carbonyl (C=O) groups is 1. The lowest BCUT2D eigenvalue weighted by Gasteiger charge is -2.09. The van der Waals surface area contributed by atoms with Gasteiger partial charge in [-0.15, -0.1) is 0 Å². The Labute approximate surface area is 191 Å². The zero-order valence-corrected chi connectivity index (χ0v) is 18.5. The predicted octanol–water partition coefficient (Wildman–Crippen LogP) is 5.33. The molecule has 2 heterocycles. The number of aromatic nitrogens is 3. The van der Waals surface area contributed by atoms with Gasteiger partial charge in [0.05, 0.1) is 7.11 Å². The number of nitrogens with zero attached hydrogens (tertiary/aromatic N) is 3. The lowest BCUT2D eigenvalue weighted by molar-refractivity contribution is -0.116. The van der Waals surface area contributed by atoms with E-state index in [9.17, 15) is 9.18 Å². The first-order chi connectivity index (χ1) is 16.1. The Balaban J connectivity index is 1.44. The van der Waals surface area contributed by atoms with Gasteiger partial charge in [-0.1, -0.05) is 30.6 Å². The quantitative estimate of drug-likeness (QED) is 0.374. The highest BCUT2D eigenvalue weighted by Gasteiger charge is 2.16. The molecule has 170 valence electrons. The summed E-state index contributed by atoms with van der Waals surface area (Å²) >= 11 is 0. The lowest BCUT2D eigenvalue weighted by atomic mass is 10.1. The van der Waals surface area contributed by atoms with Gasteiger partial charge in [-0.3, -0.25) is 4.79 Å². The third-order valence-corrected chi connectivity index (χ3v) is 5.26. The summed E-state index contributed by atoms with van der Waals surface area (Å²) in [7, 11) is 1.40. The van der Waals surface area contributed by atoms with Crippen LogP contribution in [0.1, 0.15) is 25.3 Å². The van der Waals surface area contributed by atoms with Crippen molar-refractivity contribution in [3.8, 4) is 28.7 Å². The molecule has 0 saturated carbocycles. The van der Waals surface area contributed by atoms with Gasteiger partial charge < -0.3 is 19.1 Å². The van der Waals surface area contributed by atoms with E-state index in [0.29, 0.717) is 11.3 Å². The van der Waals surface area contributed by atoms with Crippen molar-refractivity contribution in [1.29, 1.82) is 0 Å². The van der Waals surface area contributed by atoms with E-state index < -0.39 is 5.82 Å². The number of ether oxygens (including phenoxy) is 1. The van der Waals surface area contributed by atoms with Crippen LogP contribution in [-0.2, 0) is 17.8 Å². The third-order valence-electron chi connectivity index (χ3n) is 5.26. The number of benzene rings is 2. The van der Waals surface area contributed by atoms with Gasteiger partial charge in [-0.25, -0.2) is 4.39 Å². The molecule has 2 aromatic heterocycles. The molecule has 7 nitrogen and oxygen atoms in total. The average molecular weight is 448 g/mol. The van der Waals surface area contributed by atoms with Crippen LogP contribution in [0.4, 0.5) is 10.1 Å². The average Bonchev–Trinajstić information content (AvgIpc) is 3.48. The Morgan fingerprint density at radius 3 is 2.73 bits per heavy atom. The molecule has 0 spiro atoms. The number of rotatable bonds is 9. The molecule has 4 aromatic rings. The number of hydrogen-bond acceptors (Lipinski definition) is 5. The van der Waals surface area contributed by atoms with Gasteiger partial charge in [0.25, 0.3) is 5.89 Å². The minimum Gasteiger partial charge on any atom is -0.494 e. The Bertz CT molecular complexity index is 1230. The second kappa shape index (κ2) is 10.1. The fourth-order valence-electron chi connectivity index (χ4n) is 3.49. The molecular weight excluding hydrogens is 423 g/mol. The normalized spacial score (nSPS) is 10.9. The molecule has 33 heavy (non-hydrogen) atoms. The monoisotopic (exact) mass is 448 g/mol. The zero-order chi connectivity index (χ0) is 23.2. The predicted molar refractivity (Wildman–Crippen MR) is 123 cm³/mol. The van der Waals surface area contributed by atoms with E-state index in [0.717, 1.165) is 24.9 Å². The van der Waals surface area contributed by atoms with E-state index >= 15 is 0 Å². The fourth-order valence-corrected chi connectivity index (χ4v) is 3.49. The Morgan fingerprint density at radius 1 is 1.18 bits per heavy atom. The lowest BCUT2D eigenvalue weighted by Crippen LogP contribution is -2.18. The summed E-state index contributed by atoms with van der Waals surface area (Å²) in [6.45, 7) is 2.24. The van der Waals surface area contributed by atoms with Crippen molar-refractivity contribution in [1.82, 2.24) is 14.7 Å². The molecule has 0 unspecified atom stereocenters. The summed E-state index contributed by atoms with van der Waals surface area (Å²) in [5.74, 6) is -0.0744. The van der Waals surface area contributed by atoms with Gasteiger partial charge in [-0.05, 0) is 60.9 Å². The van der Waals surface area contributed by atoms with Crippen molar-refractivity contribution in [2.24, 2.45) is 0 Å². The maximum Gasteiger partial charge on any atom is 0.274 e. The first kappa shape index (κ1) is 22.3. The van der Waals surface area contributed by atoms with Gasteiger partial charge in [0, 0.05) is 17.4 Å². The summed E-state index contributed by atoms with van der Waals surface area (Å²) in [5.41, 5.74) is 3.05. The fraction of sp³-hybridized carbons (Fsp3) is 0.240. The van der Waals surface area contributed by atoms with Crippen LogP contribution in [-0.4, -0.2) is 27.7 Å². The van der Waals surface area contributed by atoms with Crippen LogP contribution >= 0.6 is 0 Å². The Hall–Kier alpha value is -3.94. The molecule has 0 aliphatic rings. The van der Waals surface area contributed by atoms with Crippen LogP contribution in [0.3, 0.4) is 0 Å². The Morgan fingerprint density at radius 2 is 2.00 bits per heavy atom. The van der Waals surface area contributed by atoms with Gasteiger partial charge in [0.2, 0.25) is 11.7 Å². The minimum atomic E-state index is -0.514. The smallest absolute Gasteiger partial charge is 0.274 e. The first-order valence-corrected chi connectivity index (χ1v) is 10.8. The topological polar surface area (TPSA) is 82.2 Å². The SMILES string of the molecule is CCCCc1ccc(NC(=O)Cn2cccc2-c2nc(-c3ccc(OC)c(F)c3)no2)cc1. The van der Waals surface area contributed by atoms with E-state index in [4.69, 9.17) is 9.26 Å². The molecule has 2 aromatic carbocycles. The van der Waals surface area contributed by atoms with Crippen LogP contribution in [0.25, 0.3) is 23.0 Å². The van der Waals surface area contributed by atoms with Crippen molar-refractivity contribution in [2.45, 2.75) is 32.7 Å². The van der Waals surface area contributed by atoms with E-state index in [1.54, 1.807) is 29.0 Å². The minimum absolute atomic E-state index is 0.0782. The summed E-state index contributed by atoms with van der Waals surface area (Å²) in [6, 6.07) is 15.9. The molecule has 4 rings (SSSR count). The van der Waals surface area contributed by atoms with Gasteiger partial charge in [-0.2, -0.15) is 4.98 Å². The van der Waals surface area contributed by atoms with Crippen LogP contribution in [0.5, 0.6) is 5.75 Å². The molecule has 1 amide bonds. The Kier molecular flexibility index (Phi) is 6.83. The number of aryl methyl sites for hydroxylation is 1. The van der Waals surface area contributed by atoms with E-state index in [2.05, 4.69) is 22.4 Å². The number of nitrogens with one attached hydrogen (secondary N) is 1. The molecule has 1 N–H and O–H groups in total. The standard InChI is InChI=1S/C25H25FN4O3/c1-3-4-6-17-8-11-19(12-9-17)27-23(31)16-30-14-5-7-21(30)25-28-24(29-33-25)18-10-13-22(32-2)20(26)15-18/h5,7-15H,3-4,6,16H2,1-2H3,(H,27,31). The van der Waals surface area contributed by atoms with Crippen molar-refractivity contribution in [3.63, 3.8) is 0 Å². The maximum absolute atomic E-state index is 14.0. The summed E-state index contributed by atoms with van der Waals surface area (Å²) in [4.78, 5) is 17.0. The molecular formula is C25H25FN4O3. The molecule has 0 saturated heterocycles. The van der Waals surface area contributed by atoms with Crippen molar-refractivity contribution in [3.05, 3.63) is 72.2 Å². The van der Waals surface area contributed by atoms with Crippen LogP contribution in [0.15, 0.2) is 65.3 Å². The third kappa shape index (κ3) is 5.28. The summed E-state index contributed by atoms with van der Waals surface area (Å²) < 4.78 is 26.1. The van der Waals surface area contributed by atoms with Crippen molar-refractivity contribution in [2.75, 3.05) is 12.4 Å². The zero-order valence-electron chi connectivity index (χ0n) is 18.5. The largest absolute Gasteiger partial charge is 0.494 e. The number of methoxy groups -OCH3 is 1. The number of carbonyl (C=O) groups excluding carboxylic acids is 1. The number of anilines is 1. The highest BCUT2D eigenvalue weighted by Crippen LogP contribution is 2.26. The second-order valence-electron chi connectivity index (χ2n) is 7.64. The number of amides is 1. The molecule has 0 radical (unpaired) electrons. The summed E-state index contributed by atoms with van der Waals surface area (Å²) in [6.07, 6.45) is 5.09. The van der Waals surface area contributed by atoms with Crippen LogP contribution in [0, 0.1) is 5.82 Å². The highest BCUT2D eigenvalue weighted by atomic mass is 19.1. The van der Waals surface area contributed by atoms with Crippen LogP contribution in [0.2, 0.25) is 0 Å². The van der Waals surface area contributed by atoms with E-state index in [1.165, 1.54) is 24.8 Å². The van der Waals surface area contributed by atoms with E-state index in [-0.39, 0.29) is 29.9 Å². The molecule has 0 atom stereocenters. The molecule has 0 bridgehead atoms. The molecule has 0 aliphatic heterocycles. The van der Waals surface area contributed by atoms with Crippen molar-refractivity contribution >= 4 is 11.6 Å². The van der Waals surface area contributed by atoms with Gasteiger partial charge >= 0.3 is 0 Å². The molecule has 0 aliphatic carbocycles. The molecule has 8 heteroatoms. The number of unbranched alkanes of at least 4 members (excludes halogenated alkanes) is 1. The van der Waals surface area contributed by atoms with Gasteiger partial charge in [0.15, 0.2) is 11.6 Å². The number of halogens is 1. The first-order valence-electron chi connectivity index (χ1n) is 10.8. The van der Waals surface area contributed by atoms with Gasteiger partial charge in [0.1, 0.15) is 12.2 Å². The van der Waals surface area contributed by atoms with Crippen molar-refractivity contribution < 1.29 is 18.4 Å². The maximum atomic E-state index is 14.0. The highest BCUT2D eigenvalue weighted by molar-refractivity contribution is 5.90. The van der Waals surface area contributed by atoms with E-state index in [1.807, 2.05) is 24.3 Å². The van der Waals surface area contributed by atoms with Crippen LogP contribution < -0.4 is 10.1 Å². The molecule has 0 fully saturated rings.